The first-order chi connectivity index (χ1) is 15.8. The molecule has 4 rings (SSSR count). The van der Waals surface area contributed by atoms with E-state index in [0.29, 0.717) is 11.6 Å². The van der Waals surface area contributed by atoms with Crippen molar-refractivity contribution in [3.05, 3.63) is 82.8 Å². The van der Waals surface area contributed by atoms with Gasteiger partial charge in [-0.2, -0.15) is 0 Å². The van der Waals surface area contributed by atoms with Crippen molar-refractivity contribution in [2.24, 2.45) is 0 Å². The highest BCUT2D eigenvalue weighted by Crippen LogP contribution is 2.41. The quantitative estimate of drug-likeness (QED) is 0.348. The molecule has 168 valence electrons. The molecule has 0 saturated heterocycles. The molecule has 0 radical (unpaired) electrons. The summed E-state index contributed by atoms with van der Waals surface area (Å²) in [5.74, 6) is 1.01. The van der Waals surface area contributed by atoms with Gasteiger partial charge < -0.3 is 14.5 Å². The van der Waals surface area contributed by atoms with Crippen molar-refractivity contribution in [3.63, 3.8) is 0 Å². The molecular weight excluding hydrogens is 412 g/mol. The number of allylic oxidation sites excluding steroid dienone is 1. The number of nitrogens with zero attached hydrogens (tertiary/aromatic N) is 1. The SMILES string of the molecule is COc1c(/C(C)=C/C(=O)Nc2ncccc2C)cc2c(-c3ccc(C)cc3C)coc2c1C. The van der Waals surface area contributed by atoms with Gasteiger partial charge in [0.2, 0.25) is 5.91 Å². The van der Waals surface area contributed by atoms with Crippen LogP contribution in [-0.4, -0.2) is 18.0 Å². The zero-order valence-corrected chi connectivity index (χ0v) is 19.9. The summed E-state index contributed by atoms with van der Waals surface area (Å²) in [6, 6.07) is 12.2. The summed E-state index contributed by atoms with van der Waals surface area (Å²) in [7, 11) is 1.64. The lowest BCUT2D eigenvalue weighted by Crippen LogP contribution is -2.11. The molecule has 0 saturated carbocycles. The van der Waals surface area contributed by atoms with E-state index in [2.05, 4.69) is 42.3 Å². The van der Waals surface area contributed by atoms with Crippen molar-refractivity contribution in [1.82, 2.24) is 4.98 Å². The van der Waals surface area contributed by atoms with Gasteiger partial charge >= 0.3 is 0 Å². The number of anilines is 1. The Hall–Kier alpha value is -3.86. The van der Waals surface area contributed by atoms with Crippen molar-refractivity contribution in [1.29, 1.82) is 0 Å². The zero-order valence-electron chi connectivity index (χ0n) is 19.9. The third-order valence-corrected chi connectivity index (χ3v) is 5.94. The van der Waals surface area contributed by atoms with Gasteiger partial charge in [0.15, 0.2) is 0 Å². The molecule has 1 amide bonds. The van der Waals surface area contributed by atoms with E-state index < -0.39 is 0 Å². The van der Waals surface area contributed by atoms with Gasteiger partial charge in [-0.25, -0.2) is 4.98 Å². The van der Waals surface area contributed by atoms with Crippen molar-refractivity contribution in [2.75, 3.05) is 12.4 Å². The molecule has 4 aromatic rings. The predicted octanol–water partition coefficient (Wildman–Crippen LogP) is 6.78. The van der Waals surface area contributed by atoms with Gasteiger partial charge in [-0.3, -0.25) is 4.79 Å². The van der Waals surface area contributed by atoms with Crippen LogP contribution in [0.5, 0.6) is 5.75 Å². The summed E-state index contributed by atoms with van der Waals surface area (Å²) in [4.78, 5) is 17.0. The number of aryl methyl sites for hydroxylation is 4. The lowest BCUT2D eigenvalue weighted by Gasteiger charge is -2.14. The number of fused-ring (bicyclic) bond motifs is 1. The summed E-state index contributed by atoms with van der Waals surface area (Å²) in [5.41, 5.74) is 8.78. The Morgan fingerprint density at radius 1 is 1.06 bits per heavy atom. The van der Waals surface area contributed by atoms with Crippen molar-refractivity contribution >= 4 is 28.3 Å². The van der Waals surface area contributed by atoms with E-state index in [4.69, 9.17) is 9.15 Å². The number of aromatic nitrogens is 1. The number of carbonyl (C=O) groups is 1. The van der Waals surface area contributed by atoms with E-state index in [0.717, 1.165) is 44.4 Å². The predicted molar refractivity (Wildman–Crippen MR) is 134 cm³/mol. The number of furan rings is 1. The van der Waals surface area contributed by atoms with Gasteiger partial charge in [0.1, 0.15) is 17.2 Å². The lowest BCUT2D eigenvalue weighted by atomic mass is 9.94. The van der Waals surface area contributed by atoms with Crippen LogP contribution in [0.25, 0.3) is 27.7 Å². The Kier molecular flexibility index (Phi) is 6.05. The van der Waals surface area contributed by atoms with Crippen LogP contribution in [-0.2, 0) is 4.79 Å². The molecule has 0 unspecified atom stereocenters. The average molecular weight is 441 g/mol. The fraction of sp³-hybridized carbons (Fsp3) is 0.214. The molecule has 0 fully saturated rings. The fourth-order valence-electron chi connectivity index (χ4n) is 4.24. The molecule has 2 aromatic heterocycles. The van der Waals surface area contributed by atoms with E-state index in [9.17, 15) is 4.79 Å². The molecule has 5 nitrogen and oxygen atoms in total. The summed E-state index contributed by atoms with van der Waals surface area (Å²) < 4.78 is 11.7. The maximum absolute atomic E-state index is 12.7. The fourth-order valence-corrected chi connectivity index (χ4v) is 4.24. The third kappa shape index (κ3) is 4.27. The van der Waals surface area contributed by atoms with E-state index in [1.54, 1.807) is 25.6 Å². The maximum Gasteiger partial charge on any atom is 0.249 e. The van der Waals surface area contributed by atoms with E-state index >= 15 is 0 Å². The van der Waals surface area contributed by atoms with Gasteiger partial charge in [-0.15, -0.1) is 0 Å². The Bertz CT molecular complexity index is 1400. The maximum atomic E-state index is 12.7. The lowest BCUT2D eigenvalue weighted by molar-refractivity contribution is -0.111. The van der Waals surface area contributed by atoms with Crippen LogP contribution in [0, 0.1) is 27.7 Å². The monoisotopic (exact) mass is 440 g/mol. The third-order valence-electron chi connectivity index (χ3n) is 5.94. The number of ether oxygens (including phenoxy) is 1. The minimum absolute atomic E-state index is 0.240. The van der Waals surface area contributed by atoms with Gasteiger partial charge in [-0.05, 0) is 69.0 Å². The number of carbonyl (C=O) groups excluding carboxylic acids is 1. The first-order valence-electron chi connectivity index (χ1n) is 10.9. The second-order valence-electron chi connectivity index (χ2n) is 8.41. The second kappa shape index (κ2) is 8.94. The minimum atomic E-state index is -0.240. The molecule has 0 aliphatic carbocycles. The van der Waals surface area contributed by atoms with Gasteiger partial charge in [0.25, 0.3) is 0 Å². The van der Waals surface area contributed by atoms with Crippen molar-refractivity contribution in [2.45, 2.75) is 34.6 Å². The molecule has 0 aliphatic rings. The first kappa shape index (κ1) is 22.3. The summed E-state index contributed by atoms with van der Waals surface area (Å²) >= 11 is 0. The van der Waals surface area contributed by atoms with Crippen molar-refractivity contribution < 1.29 is 13.9 Å². The molecule has 1 N–H and O–H groups in total. The largest absolute Gasteiger partial charge is 0.496 e. The highest BCUT2D eigenvalue weighted by atomic mass is 16.5. The summed E-state index contributed by atoms with van der Waals surface area (Å²) in [5, 5.41) is 3.85. The second-order valence-corrected chi connectivity index (χ2v) is 8.41. The Labute approximate surface area is 194 Å². The molecule has 5 heteroatoms. The molecule has 0 atom stereocenters. The van der Waals surface area contributed by atoms with E-state index in [1.807, 2.05) is 39.0 Å². The Balaban J connectivity index is 1.80. The number of pyridine rings is 1. The van der Waals surface area contributed by atoms with E-state index in [-0.39, 0.29) is 5.91 Å². The molecule has 2 aromatic carbocycles. The summed E-state index contributed by atoms with van der Waals surface area (Å²) in [6.45, 7) is 9.99. The number of hydrogen-bond donors (Lipinski definition) is 1. The molecule has 0 bridgehead atoms. The van der Waals surface area contributed by atoms with Gasteiger partial charge in [0.05, 0.1) is 13.4 Å². The number of benzene rings is 2. The molecule has 2 heterocycles. The van der Waals surface area contributed by atoms with Crippen LogP contribution >= 0.6 is 0 Å². The Morgan fingerprint density at radius 3 is 2.55 bits per heavy atom. The zero-order chi connectivity index (χ0) is 23.7. The average Bonchev–Trinajstić information content (AvgIpc) is 3.19. The highest BCUT2D eigenvalue weighted by Gasteiger charge is 2.19. The van der Waals surface area contributed by atoms with Crippen LogP contribution in [0.1, 0.15) is 34.7 Å². The number of rotatable bonds is 5. The first-order valence-corrected chi connectivity index (χ1v) is 10.9. The smallest absolute Gasteiger partial charge is 0.249 e. The van der Waals surface area contributed by atoms with Gasteiger partial charge in [-0.1, -0.05) is 29.8 Å². The van der Waals surface area contributed by atoms with Crippen LogP contribution < -0.4 is 10.1 Å². The topological polar surface area (TPSA) is 64.4 Å². The summed E-state index contributed by atoms with van der Waals surface area (Å²) in [6.07, 6.45) is 5.04. The molecule has 33 heavy (non-hydrogen) atoms. The molecule has 0 spiro atoms. The van der Waals surface area contributed by atoms with Crippen LogP contribution in [0.4, 0.5) is 5.82 Å². The number of amides is 1. The number of hydrogen-bond acceptors (Lipinski definition) is 4. The number of methoxy groups -OCH3 is 1. The standard InChI is InChI=1S/C28H28N2O3/c1-16-9-10-21(18(3)12-16)24-15-33-27-20(5)26(32-6)22(14-23(24)27)19(4)13-25(31)30-28-17(2)8-7-11-29-28/h7-15H,1-6H3,(H,29,30,31)/b19-13+. The normalized spacial score (nSPS) is 11.6. The van der Waals surface area contributed by atoms with Crippen molar-refractivity contribution in [3.8, 4) is 16.9 Å². The van der Waals surface area contributed by atoms with Crippen LogP contribution in [0.2, 0.25) is 0 Å². The van der Waals surface area contributed by atoms with Crippen LogP contribution in [0.3, 0.4) is 0 Å². The molecular formula is C28H28N2O3. The van der Waals surface area contributed by atoms with E-state index in [1.165, 1.54) is 11.1 Å². The number of nitrogens with one attached hydrogen (secondary N) is 1. The minimum Gasteiger partial charge on any atom is -0.496 e. The molecule has 0 aliphatic heterocycles. The Morgan fingerprint density at radius 2 is 1.85 bits per heavy atom. The highest BCUT2D eigenvalue weighted by molar-refractivity contribution is 6.06. The van der Waals surface area contributed by atoms with Gasteiger partial charge in [0, 0.05) is 34.3 Å². The van der Waals surface area contributed by atoms with Crippen LogP contribution in [0.15, 0.2) is 59.4 Å².